The molecule has 4 amide bonds. The Labute approximate surface area is 727 Å². The van der Waals surface area contributed by atoms with Crippen molar-refractivity contribution < 1.29 is 48.6 Å². The van der Waals surface area contributed by atoms with Gasteiger partial charge in [0.2, 0.25) is 0 Å². The molecule has 11 rings (SSSR count). The zero-order chi connectivity index (χ0) is 78.0. The standard InChI is InChI=1S/2C21H27Cl2N5O.C15H14Cl2N2O.C14H12Cl2N2O2.C7H16N2.3CH4.ClH.Li.H2O/c2*1-4-17(26-21(29)28(3)14-7-11-27(2)12-8-14)15-5-6-16(20(23)19(15)22)18-13-24-9-10-25-18;1-3-10(9(2)20)11-4-5-12(15(17)14(11)16)13-8-18-6-7-19-13;1-2-8(14(19)20)9-3-4-10(13(16)12(9)15)11-7-17-5-6-18-11;1-8-7-3-5-9(2)6-4-7;;;;;;/h2*5-6,9-10,13-14,17H,4,7-8,11-12H2,1-3H3,(H,26,29);4-8,10H,3H2,1-2H3;3-8H,2H2,1H3,(H,19,20);7-8H,3-6H2,1-2H3;3*1H4;1H;;1H2/q;;;;;;;;;+1;/p-1. The molecular formula is C81H110Cl9LiN16O6. The summed E-state index contributed by atoms with van der Waals surface area (Å²) in [7, 11) is 12.2. The first-order valence-corrected chi connectivity index (χ1v) is 38.8. The molecule has 3 saturated heterocycles. The van der Waals surface area contributed by atoms with Gasteiger partial charge in [-0.15, -0.1) is 12.4 Å². The number of benzene rings is 4. The van der Waals surface area contributed by atoms with Crippen molar-refractivity contribution in [3.63, 3.8) is 0 Å². The number of amides is 4. The number of aliphatic carboxylic acids is 1. The Morgan fingerprint density at radius 1 is 0.442 bits per heavy atom. The monoisotopic (exact) mass is 1720 g/mol. The number of hydrogen-bond acceptors (Lipinski definition) is 17. The smallest absolute Gasteiger partial charge is 0.870 e. The average Bonchev–Trinajstić information content (AvgIpc) is 0.815. The summed E-state index contributed by atoms with van der Waals surface area (Å²) in [5.41, 5.74) is 8.23. The fraction of sp³-hybridized carbons (Fsp3) is 0.457. The molecular weight excluding hydrogens is 1620 g/mol. The van der Waals surface area contributed by atoms with Gasteiger partial charge < -0.3 is 51.0 Å². The number of ketones is 1. The minimum atomic E-state index is -0.919. The maximum absolute atomic E-state index is 12.9. The van der Waals surface area contributed by atoms with Gasteiger partial charge in [0.15, 0.2) is 0 Å². The molecule has 0 spiro atoms. The summed E-state index contributed by atoms with van der Waals surface area (Å²) in [4.78, 5) is 92.3. The van der Waals surface area contributed by atoms with Gasteiger partial charge in [0, 0.05) is 110 Å². The van der Waals surface area contributed by atoms with Gasteiger partial charge in [0.05, 0.1) is 106 Å². The minimum absolute atomic E-state index is 0. The van der Waals surface area contributed by atoms with Gasteiger partial charge in [-0.1, -0.05) is 191 Å². The van der Waals surface area contributed by atoms with Crippen LogP contribution in [-0.2, 0) is 9.59 Å². The van der Waals surface area contributed by atoms with E-state index in [1.807, 2.05) is 81.1 Å². The molecule has 614 valence electrons. The van der Waals surface area contributed by atoms with Gasteiger partial charge in [-0.05, 0) is 161 Å². The molecule has 4 atom stereocenters. The summed E-state index contributed by atoms with van der Waals surface area (Å²) in [5, 5.41) is 21.8. The normalized spacial score (nSPS) is 14.7. The second-order valence-corrected chi connectivity index (χ2v) is 29.6. The maximum Gasteiger partial charge on any atom is 1.00 e. The fourth-order valence-corrected chi connectivity index (χ4v) is 15.1. The van der Waals surface area contributed by atoms with Crippen molar-refractivity contribution in [2.45, 2.75) is 163 Å². The molecule has 5 N–H and O–H groups in total. The first-order valence-electron chi connectivity index (χ1n) is 35.8. The summed E-state index contributed by atoms with van der Waals surface area (Å²) < 4.78 is 0. The molecule has 3 aliphatic rings. The SMILES string of the molecule is C.C.C.CCC(C(=O)O)c1ccc(-c2cnccn2)c(Cl)c1Cl.CCC(C(C)=O)c1ccc(-c2cnccn2)c(Cl)c1Cl.CCC(NC(=O)N(C)C1CCN(C)CC1)c1ccc(-c2cnccn2)c(Cl)c1Cl.CCC(NC(=O)N(C)C1CCN(C)CC1)c1ccc(-c2cnccn2)c(Cl)c1Cl.CNC1CCN(C)CC1.Cl.[Li+].[OH-]. The number of carbonyl (C=O) groups is 4. The van der Waals surface area contributed by atoms with Crippen LogP contribution < -0.4 is 34.8 Å². The van der Waals surface area contributed by atoms with E-state index < -0.39 is 11.9 Å². The Hall–Kier alpha value is -6.11. The van der Waals surface area contributed by atoms with E-state index in [-0.39, 0.29) is 112 Å². The molecule has 0 bridgehead atoms. The molecule has 22 nitrogen and oxygen atoms in total. The third kappa shape index (κ3) is 29.2. The molecule has 4 aromatic carbocycles. The Morgan fingerprint density at radius 3 is 0.947 bits per heavy atom. The van der Waals surface area contributed by atoms with Crippen LogP contribution in [0.25, 0.3) is 45.0 Å². The summed E-state index contributed by atoms with van der Waals surface area (Å²) in [6.07, 6.45) is 28.3. The fourth-order valence-electron chi connectivity index (χ4n) is 12.8. The van der Waals surface area contributed by atoms with Crippen LogP contribution in [0.2, 0.25) is 40.2 Å². The van der Waals surface area contributed by atoms with Crippen LogP contribution in [0, 0.1) is 0 Å². The number of nitrogens with zero attached hydrogens (tertiary/aromatic N) is 13. The van der Waals surface area contributed by atoms with Crippen molar-refractivity contribution in [2.75, 3.05) is 81.6 Å². The van der Waals surface area contributed by atoms with Crippen LogP contribution in [0.3, 0.4) is 0 Å². The van der Waals surface area contributed by atoms with Crippen LogP contribution in [-0.4, -0.2) is 198 Å². The van der Waals surface area contributed by atoms with Crippen molar-refractivity contribution >= 4 is 129 Å². The number of rotatable bonds is 19. The van der Waals surface area contributed by atoms with Crippen LogP contribution >= 0.6 is 105 Å². The number of aromatic nitrogens is 8. The van der Waals surface area contributed by atoms with E-state index in [9.17, 15) is 24.3 Å². The number of carboxylic acids is 1. The van der Waals surface area contributed by atoms with E-state index >= 15 is 0 Å². The van der Waals surface area contributed by atoms with Crippen molar-refractivity contribution in [1.29, 1.82) is 0 Å². The first-order chi connectivity index (χ1) is 51.3. The number of urea groups is 2. The second kappa shape index (κ2) is 52.6. The quantitative estimate of drug-likeness (QED) is 0.0548. The second-order valence-electron chi connectivity index (χ2n) is 26.5. The van der Waals surface area contributed by atoms with Crippen LogP contribution in [0.15, 0.2) is 123 Å². The molecule has 32 heteroatoms. The van der Waals surface area contributed by atoms with Gasteiger partial charge in [0.25, 0.3) is 0 Å². The van der Waals surface area contributed by atoms with E-state index in [0.29, 0.717) is 100 Å². The molecule has 0 radical (unpaired) electrons. The maximum atomic E-state index is 12.9. The molecule has 3 aliphatic heterocycles. The van der Waals surface area contributed by atoms with Crippen molar-refractivity contribution in [2.24, 2.45) is 0 Å². The van der Waals surface area contributed by atoms with E-state index in [2.05, 4.69) is 98.7 Å². The minimum Gasteiger partial charge on any atom is -0.870 e. The third-order valence-electron chi connectivity index (χ3n) is 19.6. The zero-order valence-electron chi connectivity index (χ0n) is 64.2. The van der Waals surface area contributed by atoms with E-state index in [4.69, 9.17) is 92.8 Å². The van der Waals surface area contributed by atoms with Crippen molar-refractivity contribution in [3.8, 4) is 45.0 Å². The summed E-state index contributed by atoms with van der Waals surface area (Å²) >= 11 is 51.4. The summed E-state index contributed by atoms with van der Waals surface area (Å²) in [6, 6.07) is 15.3. The number of Topliss-reactive ketones (excluding diaryl/α,β-unsaturated/α-hetero) is 1. The summed E-state index contributed by atoms with van der Waals surface area (Å²) in [5.74, 6) is -1.73. The van der Waals surface area contributed by atoms with Gasteiger partial charge in [-0.2, -0.15) is 0 Å². The molecule has 3 fully saturated rings. The Bertz CT molecular complexity index is 3930. The number of nitrogens with one attached hydrogen (secondary N) is 3. The number of piperidine rings is 3. The largest absolute Gasteiger partial charge is 1.00 e. The Balaban J connectivity index is 0.000000721. The Kier molecular flexibility index (Phi) is 48.8. The average molecular weight is 1730 g/mol. The predicted octanol–water partition coefficient (Wildman–Crippen LogP) is 17.3. The molecule has 0 saturated carbocycles. The van der Waals surface area contributed by atoms with Gasteiger partial charge in [-0.25, -0.2) is 9.59 Å². The number of halogens is 9. The van der Waals surface area contributed by atoms with Crippen LogP contribution in [0.4, 0.5) is 9.59 Å². The van der Waals surface area contributed by atoms with Gasteiger partial charge >= 0.3 is 36.9 Å². The molecule has 4 aromatic heterocycles. The van der Waals surface area contributed by atoms with E-state index in [0.717, 1.165) is 85.7 Å². The molecule has 4 unspecified atom stereocenters. The van der Waals surface area contributed by atoms with Gasteiger partial charge in [0.1, 0.15) is 5.78 Å². The first kappa shape index (κ1) is 105. The number of likely N-dealkylation sites (tertiary alicyclic amines) is 3. The Morgan fingerprint density at radius 2 is 0.708 bits per heavy atom. The molecule has 0 aliphatic carbocycles. The molecule has 8 aromatic rings. The van der Waals surface area contributed by atoms with Crippen molar-refractivity contribution in [1.82, 2.24) is 80.3 Å². The number of carboxylic acid groups (broad SMARTS) is 1. The predicted molar refractivity (Wildman–Crippen MR) is 463 cm³/mol. The zero-order valence-corrected chi connectivity index (χ0v) is 71.0. The van der Waals surface area contributed by atoms with Crippen molar-refractivity contribution in [3.05, 3.63) is 185 Å². The van der Waals surface area contributed by atoms with Crippen LogP contribution in [0.1, 0.15) is 167 Å². The topological polar surface area (TPSA) is 274 Å². The third-order valence-corrected chi connectivity index (χ3v) is 23.1. The van der Waals surface area contributed by atoms with E-state index in [1.165, 1.54) is 25.9 Å². The summed E-state index contributed by atoms with van der Waals surface area (Å²) in [6.45, 7) is 15.9. The molecule has 7 heterocycles. The van der Waals surface area contributed by atoms with Crippen LogP contribution in [0.5, 0.6) is 0 Å². The number of hydrogen-bond donors (Lipinski definition) is 4. The molecule has 113 heavy (non-hydrogen) atoms. The van der Waals surface area contributed by atoms with E-state index in [1.54, 1.807) is 100 Å². The number of carbonyl (C=O) groups excluding carboxylic acids is 3. The van der Waals surface area contributed by atoms with Gasteiger partial charge in [-0.3, -0.25) is 49.5 Å².